The summed E-state index contributed by atoms with van der Waals surface area (Å²) in [5.41, 5.74) is 1.43. The molecule has 0 spiro atoms. The molecule has 3 rings (SSSR count). The number of halogens is 2. The summed E-state index contributed by atoms with van der Waals surface area (Å²) < 4.78 is 36.4. The predicted octanol–water partition coefficient (Wildman–Crippen LogP) is 3.39. The Balaban J connectivity index is 1.73. The summed E-state index contributed by atoms with van der Waals surface area (Å²) in [6.45, 7) is 0.211. The molecule has 0 unspecified atom stereocenters. The number of benzene rings is 1. The lowest BCUT2D eigenvalue weighted by molar-refractivity contribution is -0.0514. The van der Waals surface area contributed by atoms with Crippen LogP contribution in [-0.4, -0.2) is 34.6 Å². The number of alkyl halides is 2. The SMILES string of the molecule is CCOc1cc(CN(C)Cc2cc(=O)n3ccsc3n2)ccc1OC(F)F. The van der Waals surface area contributed by atoms with Crippen molar-refractivity contribution in [2.45, 2.75) is 26.6 Å². The van der Waals surface area contributed by atoms with Gasteiger partial charge in [-0.2, -0.15) is 8.78 Å². The Kier molecular flexibility index (Phi) is 6.02. The molecular formula is C18H19F2N3O3S. The van der Waals surface area contributed by atoms with Crippen molar-refractivity contribution in [3.8, 4) is 11.5 Å². The monoisotopic (exact) mass is 395 g/mol. The normalized spacial score (nSPS) is 11.5. The van der Waals surface area contributed by atoms with Gasteiger partial charge in [-0.1, -0.05) is 6.07 Å². The highest BCUT2D eigenvalue weighted by atomic mass is 32.1. The molecule has 0 saturated heterocycles. The van der Waals surface area contributed by atoms with E-state index < -0.39 is 6.61 Å². The Morgan fingerprint density at radius 2 is 2.07 bits per heavy atom. The summed E-state index contributed by atoms with van der Waals surface area (Å²) >= 11 is 1.40. The van der Waals surface area contributed by atoms with Crippen LogP contribution in [0, 0.1) is 0 Å². The maximum Gasteiger partial charge on any atom is 0.387 e. The van der Waals surface area contributed by atoms with Crippen LogP contribution in [0.5, 0.6) is 11.5 Å². The molecule has 144 valence electrons. The average Bonchev–Trinajstić information content (AvgIpc) is 3.06. The van der Waals surface area contributed by atoms with Crippen molar-refractivity contribution in [2.75, 3.05) is 13.7 Å². The van der Waals surface area contributed by atoms with Gasteiger partial charge in [-0.05, 0) is 31.7 Å². The largest absolute Gasteiger partial charge is 0.490 e. The lowest BCUT2D eigenvalue weighted by Crippen LogP contribution is -2.21. The third-order valence-electron chi connectivity index (χ3n) is 3.76. The van der Waals surface area contributed by atoms with Gasteiger partial charge in [0.1, 0.15) is 0 Å². The minimum absolute atomic E-state index is 0.0103. The highest BCUT2D eigenvalue weighted by Gasteiger charge is 2.13. The third kappa shape index (κ3) is 4.81. The number of hydrogen-bond acceptors (Lipinski definition) is 6. The summed E-state index contributed by atoms with van der Waals surface area (Å²) in [5.74, 6) is 0.288. The molecule has 27 heavy (non-hydrogen) atoms. The van der Waals surface area contributed by atoms with E-state index in [1.54, 1.807) is 25.3 Å². The van der Waals surface area contributed by atoms with E-state index >= 15 is 0 Å². The Morgan fingerprint density at radius 1 is 1.26 bits per heavy atom. The summed E-state index contributed by atoms with van der Waals surface area (Å²) in [5, 5.41) is 1.81. The number of fused-ring (bicyclic) bond motifs is 1. The second-order valence-corrected chi connectivity index (χ2v) is 6.78. The topological polar surface area (TPSA) is 56.1 Å². The van der Waals surface area contributed by atoms with Gasteiger partial charge in [-0.15, -0.1) is 11.3 Å². The molecule has 2 heterocycles. The fraction of sp³-hybridized carbons (Fsp3) is 0.333. The first-order valence-corrected chi connectivity index (χ1v) is 9.19. The molecule has 0 bridgehead atoms. The van der Waals surface area contributed by atoms with E-state index in [1.807, 2.05) is 17.3 Å². The van der Waals surface area contributed by atoms with Gasteiger partial charge in [-0.3, -0.25) is 14.1 Å². The molecule has 0 amide bonds. The van der Waals surface area contributed by atoms with E-state index in [2.05, 4.69) is 9.72 Å². The highest BCUT2D eigenvalue weighted by molar-refractivity contribution is 7.15. The summed E-state index contributed by atoms with van der Waals surface area (Å²) in [4.78, 5) is 19.2. The van der Waals surface area contributed by atoms with Crippen molar-refractivity contribution in [2.24, 2.45) is 0 Å². The lowest BCUT2D eigenvalue weighted by atomic mass is 10.2. The minimum Gasteiger partial charge on any atom is -0.490 e. The van der Waals surface area contributed by atoms with Crippen molar-refractivity contribution in [1.29, 1.82) is 0 Å². The highest BCUT2D eigenvalue weighted by Crippen LogP contribution is 2.30. The first kappa shape index (κ1) is 19.2. The fourth-order valence-electron chi connectivity index (χ4n) is 2.73. The molecule has 0 atom stereocenters. The zero-order valence-electron chi connectivity index (χ0n) is 14.9. The molecule has 0 radical (unpaired) electrons. The van der Waals surface area contributed by atoms with Crippen LogP contribution in [0.1, 0.15) is 18.2 Å². The lowest BCUT2D eigenvalue weighted by Gasteiger charge is -2.18. The van der Waals surface area contributed by atoms with E-state index in [0.29, 0.717) is 30.4 Å². The number of nitrogens with zero attached hydrogens (tertiary/aromatic N) is 3. The van der Waals surface area contributed by atoms with Crippen LogP contribution in [0.4, 0.5) is 8.78 Å². The Bertz CT molecular complexity index is 974. The Hall–Kier alpha value is -2.52. The number of thiazole rings is 1. The van der Waals surface area contributed by atoms with E-state index in [-0.39, 0.29) is 17.1 Å². The zero-order chi connectivity index (χ0) is 19.4. The number of ether oxygens (including phenoxy) is 2. The van der Waals surface area contributed by atoms with E-state index in [9.17, 15) is 13.6 Å². The van der Waals surface area contributed by atoms with E-state index in [1.165, 1.54) is 27.9 Å². The Labute approximate surface area is 158 Å². The quantitative estimate of drug-likeness (QED) is 0.585. The minimum atomic E-state index is -2.91. The first-order valence-electron chi connectivity index (χ1n) is 8.31. The van der Waals surface area contributed by atoms with Crippen molar-refractivity contribution >= 4 is 16.3 Å². The third-order valence-corrected chi connectivity index (χ3v) is 4.52. The molecule has 0 aliphatic heterocycles. The zero-order valence-corrected chi connectivity index (χ0v) is 15.7. The molecule has 0 saturated carbocycles. The molecule has 0 aliphatic rings. The fourth-order valence-corrected chi connectivity index (χ4v) is 3.46. The van der Waals surface area contributed by atoms with E-state index in [0.717, 1.165) is 5.56 Å². The molecular weight excluding hydrogens is 376 g/mol. The van der Waals surface area contributed by atoms with Gasteiger partial charge >= 0.3 is 6.61 Å². The molecule has 3 aromatic rings. The first-order chi connectivity index (χ1) is 13.0. The van der Waals surface area contributed by atoms with Gasteiger partial charge in [0.2, 0.25) is 0 Å². The van der Waals surface area contributed by atoms with Crippen LogP contribution in [0.2, 0.25) is 0 Å². The maximum absolute atomic E-state index is 12.5. The van der Waals surface area contributed by atoms with Crippen LogP contribution in [0.25, 0.3) is 4.96 Å². The molecule has 0 fully saturated rings. The van der Waals surface area contributed by atoms with Crippen LogP contribution in [0.15, 0.2) is 40.6 Å². The van der Waals surface area contributed by atoms with Crippen molar-refractivity contribution < 1.29 is 18.3 Å². The second-order valence-electron chi connectivity index (χ2n) is 5.91. The summed E-state index contributed by atoms with van der Waals surface area (Å²) in [7, 11) is 1.89. The smallest absolute Gasteiger partial charge is 0.387 e. The standard InChI is InChI=1S/C18H19F2N3O3S/c1-3-25-15-8-12(4-5-14(15)26-17(19)20)10-22(2)11-13-9-16(24)23-6-7-27-18(23)21-13/h4-9,17H,3,10-11H2,1-2H3. The number of hydrogen-bond donors (Lipinski definition) is 0. The van der Waals surface area contributed by atoms with Gasteiger partial charge in [0.05, 0.1) is 12.3 Å². The van der Waals surface area contributed by atoms with Crippen LogP contribution < -0.4 is 15.0 Å². The molecule has 0 aliphatic carbocycles. The van der Waals surface area contributed by atoms with Gasteiger partial charge in [0.15, 0.2) is 16.5 Å². The van der Waals surface area contributed by atoms with Crippen LogP contribution in [0.3, 0.4) is 0 Å². The molecule has 0 N–H and O–H groups in total. The molecule has 9 heteroatoms. The van der Waals surface area contributed by atoms with Gasteiger partial charge in [0.25, 0.3) is 5.56 Å². The van der Waals surface area contributed by atoms with Crippen LogP contribution >= 0.6 is 11.3 Å². The molecule has 1 aromatic carbocycles. The van der Waals surface area contributed by atoms with E-state index in [4.69, 9.17) is 4.74 Å². The van der Waals surface area contributed by atoms with Crippen molar-refractivity contribution in [3.63, 3.8) is 0 Å². The Morgan fingerprint density at radius 3 is 2.81 bits per heavy atom. The van der Waals surface area contributed by atoms with Crippen molar-refractivity contribution in [1.82, 2.24) is 14.3 Å². The summed E-state index contributed by atoms with van der Waals surface area (Å²) in [6, 6.07) is 6.38. The molecule has 2 aromatic heterocycles. The maximum atomic E-state index is 12.5. The van der Waals surface area contributed by atoms with Crippen LogP contribution in [-0.2, 0) is 13.1 Å². The van der Waals surface area contributed by atoms with Gasteiger partial charge in [0, 0.05) is 30.7 Å². The molecule has 6 nitrogen and oxygen atoms in total. The second kappa shape index (κ2) is 8.45. The van der Waals surface area contributed by atoms with Crippen molar-refractivity contribution in [3.05, 3.63) is 57.5 Å². The number of aromatic nitrogens is 2. The average molecular weight is 395 g/mol. The van der Waals surface area contributed by atoms with Gasteiger partial charge < -0.3 is 9.47 Å². The van der Waals surface area contributed by atoms with Gasteiger partial charge in [-0.25, -0.2) is 4.98 Å². The predicted molar refractivity (Wildman–Crippen MR) is 98.8 cm³/mol. The summed E-state index contributed by atoms with van der Waals surface area (Å²) in [6.07, 6.45) is 1.70. The number of rotatable bonds is 8.